The van der Waals surface area contributed by atoms with E-state index in [1.807, 2.05) is 26.8 Å². The maximum atomic E-state index is 14.4. The summed E-state index contributed by atoms with van der Waals surface area (Å²) in [6.45, 7) is 14.7. The monoisotopic (exact) mass is 397 g/mol. The molecule has 4 rings (SSSR count). The van der Waals surface area contributed by atoms with Crippen LogP contribution in [0, 0.1) is 11.7 Å². The second-order valence-electron chi connectivity index (χ2n) is 8.14. The maximum Gasteiger partial charge on any atom is 0.134 e. The van der Waals surface area contributed by atoms with E-state index in [0.717, 1.165) is 30.0 Å². The van der Waals surface area contributed by atoms with E-state index in [9.17, 15) is 4.39 Å². The third-order valence-electron chi connectivity index (χ3n) is 5.87. The molecule has 0 spiro atoms. The van der Waals surface area contributed by atoms with Crippen LogP contribution in [-0.4, -0.2) is 24.6 Å². The number of hydrogen-bond acceptors (Lipinski definition) is 2. The van der Waals surface area contributed by atoms with Crippen molar-refractivity contribution in [1.82, 2.24) is 4.90 Å². The Morgan fingerprint density at radius 1 is 1.21 bits per heavy atom. The molecular weight excluding hydrogens is 361 g/mol. The summed E-state index contributed by atoms with van der Waals surface area (Å²) in [6, 6.07) is 14.6. The van der Waals surface area contributed by atoms with Crippen LogP contribution in [-0.2, 0) is 0 Å². The van der Waals surface area contributed by atoms with E-state index < -0.39 is 0 Å². The van der Waals surface area contributed by atoms with Gasteiger partial charge >= 0.3 is 0 Å². The number of benzene rings is 2. The predicted octanol–water partition coefficient (Wildman–Crippen LogP) is 7.08. The minimum Gasteiger partial charge on any atom is -0.493 e. The summed E-state index contributed by atoms with van der Waals surface area (Å²) < 4.78 is 20.5. The topological polar surface area (TPSA) is 12.5 Å². The number of likely N-dealkylation sites (tertiary alicyclic amines) is 1. The molecule has 2 aromatic rings. The summed E-state index contributed by atoms with van der Waals surface area (Å²) in [4.78, 5) is 2.47. The van der Waals surface area contributed by atoms with Gasteiger partial charge in [0.2, 0.25) is 0 Å². The molecule has 29 heavy (non-hydrogen) atoms. The van der Waals surface area contributed by atoms with Crippen LogP contribution < -0.4 is 4.74 Å². The number of halogens is 1. The van der Waals surface area contributed by atoms with Gasteiger partial charge in [-0.15, -0.1) is 0 Å². The van der Waals surface area contributed by atoms with Crippen LogP contribution in [0.4, 0.5) is 4.39 Å². The molecule has 158 valence electrons. The van der Waals surface area contributed by atoms with Crippen molar-refractivity contribution in [1.29, 1.82) is 0 Å². The first-order valence-corrected chi connectivity index (χ1v) is 10.9. The summed E-state index contributed by atoms with van der Waals surface area (Å²) in [5.41, 5.74) is 3.90. The highest BCUT2D eigenvalue weighted by molar-refractivity contribution is 5.64. The van der Waals surface area contributed by atoms with Crippen LogP contribution in [0.5, 0.6) is 5.75 Å². The minimum atomic E-state index is -0.227. The number of allylic oxidation sites excluding steroid dienone is 1. The molecule has 0 amide bonds. The Bertz CT molecular complexity index is 828. The number of rotatable bonds is 7. The summed E-state index contributed by atoms with van der Waals surface area (Å²) in [7, 11) is 0. The van der Waals surface area contributed by atoms with E-state index in [-0.39, 0.29) is 7.24 Å². The molecule has 2 aromatic carbocycles. The summed E-state index contributed by atoms with van der Waals surface area (Å²) >= 11 is 0. The van der Waals surface area contributed by atoms with Crippen LogP contribution >= 0.6 is 0 Å². The molecule has 2 fully saturated rings. The lowest BCUT2D eigenvalue weighted by atomic mass is 9.95. The van der Waals surface area contributed by atoms with Crippen molar-refractivity contribution in [2.24, 2.45) is 5.92 Å². The average Bonchev–Trinajstić information content (AvgIpc) is 3.53. The molecular formula is C26H36FNO. The standard InChI is InChI=1S/C24H28FNO.C2H6.H2/c1-16(2)21-11-22(20-9-10-20)24(12-23(21)25)27-15-18-13-26(14-18)17(3)19-7-5-4-6-8-19;1-2;/h4-8,11-12,17-18,20H,1,9-10,13-15H2,2-3H3;1-2H3;1H/t17-;;/m0../s1. The van der Waals surface area contributed by atoms with E-state index >= 15 is 0 Å². The first-order chi connectivity index (χ1) is 14.0. The Labute approximate surface area is 176 Å². The van der Waals surface area contributed by atoms with Gasteiger partial charge in [0.1, 0.15) is 11.6 Å². The average molecular weight is 398 g/mol. The Kier molecular flexibility index (Phi) is 7.13. The van der Waals surface area contributed by atoms with E-state index in [4.69, 9.17) is 4.74 Å². The molecule has 0 bridgehead atoms. The number of nitrogens with zero attached hydrogens (tertiary/aromatic N) is 1. The molecule has 0 radical (unpaired) electrons. The normalized spacial score (nSPS) is 17.7. The number of hydrogen-bond donors (Lipinski definition) is 0. The second kappa shape index (κ2) is 9.58. The highest BCUT2D eigenvalue weighted by atomic mass is 19.1. The lowest BCUT2D eigenvalue weighted by molar-refractivity contribution is 0.0307. The zero-order valence-corrected chi connectivity index (χ0v) is 18.2. The van der Waals surface area contributed by atoms with Crippen molar-refractivity contribution in [3.63, 3.8) is 0 Å². The molecule has 2 aliphatic rings. The Balaban J connectivity index is 0.00000104. The predicted molar refractivity (Wildman–Crippen MR) is 122 cm³/mol. The SMILES string of the molecule is C=C(C)c1cc(C2CC2)c(OCC2CN([C@@H](C)c3ccccc3)C2)cc1F.CC.[HH]. The summed E-state index contributed by atoms with van der Waals surface area (Å²) in [6.07, 6.45) is 2.34. The zero-order chi connectivity index (χ0) is 21.0. The van der Waals surface area contributed by atoms with Crippen LogP contribution in [0.2, 0.25) is 0 Å². The third kappa shape index (κ3) is 5.08. The largest absolute Gasteiger partial charge is 0.493 e. The first kappa shape index (κ1) is 21.6. The van der Waals surface area contributed by atoms with Gasteiger partial charge < -0.3 is 4.74 Å². The fraction of sp³-hybridized carbons (Fsp3) is 0.462. The molecule has 1 saturated carbocycles. The maximum absolute atomic E-state index is 14.4. The highest BCUT2D eigenvalue weighted by Crippen LogP contribution is 2.46. The zero-order valence-electron chi connectivity index (χ0n) is 18.2. The van der Waals surface area contributed by atoms with Crippen molar-refractivity contribution in [3.8, 4) is 5.75 Å². The van der Waals surface area contributed by atoms with Crippen molar-refractivity contribution >= 4 is 5.57 Å². The smallest absolute Gasteiger partial charge is 0.134 e. The lowest BCUT2D eigenvalue weighted by Crippen LogP contribution is -2.50. The molecule has 0 aromatic heterocycles. The lowest BCUT2D eigenvalue weighted by Gasteiger charge is -2.43. The Morgan fingerprint density at radius 3 is 2.45 bits per heavy atom. The fourth-order valence-corrected chi connectivity index (χ4v) is 3.92. The van der Waals surface area contributed by atoms with Gasteiger partial charge in [-0.05, 0) is 55.4 Å². The third-order valence-corrected chi connectivity index (χ3v) is 5.87. The van der Waals surface area contributed by atoms with Gasteiger partial charge in [0.15, 0.2) is 0 Å². The van der Waals surface area contributed by atoms with Crippen molar-refractivity contribution in [2.75, 3.05) is 19.7 Å². The molecule has 1 saturated heterocycles. The van der Waals surface area contributed by atoms with Gasteiger partial charge in [0, 0.05) is 38.1 Å². The van der Waals surface area contributed by atoms with Crippen LogP contribution in [0.3, 0.4) is 0 Å². The molecule has 1 aliphatic heterocycles. The van der Waals surface area contributed by atoms with Crippen LogP contribution in [0.15, 0.2) is 49.0 Å². The van der Waals surface area contributed by atoms with E-state index in [1.54, 1.807) is 6.07 Å². The van der Waals surface area contributed by atoms with Crippen LogP contribution in [0.1, 0.15) is 70.6 Å². The van der Waals surface area contributed by atoms with Gasteiger partial charge in [0.05, 0.1) is 6.61 Å². The van der Waals surface area contributed by atoms with Gasteiger partial charge in [-0.1, -0.05) is 50.8 Å². The molecule has 0 N–H and O–H groups in total. The first-order valence-electron chi connectivity index (χ1n) is 10.9. The van der Waals surface area contributed by atoms with Gasteiger partial charge in [0.25, 0.3) is 0 Å². The molecule has 0 unspecified atom stereocenters. The highest BCUT2D eigenvalue weighted by Gasteiger charge is 2.33. The van der Waals surface area contributed by atoms with E-state index in [2.05, 4.69) is 48.7 Å². The quantitative estimate of drug-likeness (QED) is 0.495. The molecule has 1 atom stereocenters. The summed E-state index contributed by atoms with van der Waals surface area (Å²) in [5.74, 6) is 1.53. The molecule has 1 aliphatic carbocycles. The van der Waals surface area contributed by atoms with Crippen molar-refractivity contribution < 1.29 is 10.6 Å². The second-order valence-corrected chi connectivity index (χ2v) is 8.14. The Morgan fingerprint density at radius 2 is 1.86 bits per heavy atom. The fourth-order valence-electron chi connectivity index (χ4n) is 3.92. The molecule has 1 heterocycles. The van der Waals surface area contributed by atoms with Crippen LogP contribution in [0.25, 0.3) is 5.57 Å². The molecule has 3 heteroatoms. The Hall–Kier alpha value is -2.13. The molecule has 2 nitrogen and oxygen atoms in total. The van der Waals surface area contributed by atoms with Crippen molar-refractivity contribution in [3.05, 3.63) is 71.6 Å². The van der Waals surface area contributed by atoms with Gasteiger partial charge in [-0.25, -0.2) is 4.39 Å². The minimum absolute atomic E-state index is 0. The summed E-state index contributed by atoms with van der Waals surface area (Å²) in [5, 5.41) is 0. The van der Waals surface area contributed by atoms with Crippen molar-refractivity contribution in [2.45, 2.75) is 52.5 Å². The van der Waals surface area contributed by atoms with E-state index in [0.29, 0.717) is 30.0 Å². The van der Waals surface area contributed by atoms with Gasteiger partial charge in [-0.3, -0.25) is 4.90 Å². The van der Waals surface area contributed by atoms with E-state index in [1.165, 1.54) is 18.4 Å². The number of ether oxygens (including phenoxy) is 1. The van der Waals surface area contributed by atoms with Gasteiger partial charge in [-0.2, -0.15) is 0 Å².